The van der Waals surface area contributed by atoms with E-state index in [-0.39, 0.29) is 44.1 Å². The molecule has 0 radical (unpaired) electrons. The van der Waals surface area contributed by atoms with Gasteiger partial charge in [0, 0.05) is 44.0 Å². The summed E-state index contributed by atoms with van der Waals surface area (Å²) in [6, 6.07) is 9.23. The van der Waals surface area contributed by atoms with E-state index in [2.05, 4.69) is 20.4 Å². The van der Waals surface area contributed by atoms with Gasteiger partial charge in [0.25, 0.3) is 5.91 Å². The smallest absolute Gasteiger partial charge is 0.409 e. The maximum atomic E-state index is 13.5. The highest BCUT2D eigenvalue weighted by molar-refractivity contribution is 7.51. The molecule has 1 saturated heterocycles. The average Bonchev–Trinajstić information content (AvgIpc) is 3.45. The molecule has 3 aromatic rings. The average molecular weight is 614 g/mol. The number of hydrogen-bond acceptors (Lipinski definition) is 8. The van der Waals surface area contributed by atoms with Crippen LogP contribution in [0.15, 0.2) is 48.8 Å². The molecule has 4 rings (SSSR count). The van der Waals surface area contributed by atoms with Crippen molar-refractivity contribution in [1.29, 1.82) is 0 Å². The Morgan fingerprint density at radius 2 is 1.77 bits per heavy atom. The van der Waals surface area contributed by atoms with Crippen LogP contribution in [-0.2, 0) is 14.1 Å². The third kappa shape index (κ3) is 8.93. The molecule has 1 unspecified atom stereocenters. The lowest BCUT2D eigenvalue weighted by Crippen LogP contribution is -2.56. The summed E-state index contributed by atoms with van der Waals surface area (Å²) >= 11 is 0. The Labute approximate surface area is 249 Å². The van der Waals surface area contributed by atoms with Gasteiger partial charge in [-0.25, -0.2) is 19.4 Å². The number of nitrogens with zero attached hydrogens (tertiary/aromatic N) is 6. The number of ether oxygens (including phenoxy) is 1. The Morgan fingerprint density at radius 1 is 1.07 bits per heavy atom. The Hall–Kier alpha value is -4.13. The Bertz CT molecular complexity index is 1470. The lowest BCUT2D eigenvalue weighted by atomic mass is 10.1. The number of hydrogen-bond donors (Lipinski definition) is 3. The van der Waals surface area contributed by atoms with Crippen molar-refractivity contribution >= 4 is 25.5 Å². The summed E-state index contributed by atoms with van der Waals surface area (Å²) in [6.45, 7) is 5.00. The largest absolute Gasteiger partial charge is 0.449 e. The summed E-state index contributed by atoms with van der Waals surface area (Å²) in [5, 5.41) is 6.91. The molecular formula is C28H36N7O7P. The topological polar surface area (TPSA) is 180 Å². The number of carbonyl (C=O) groups is 3. The minimum Gasteiger partial charge on any atom is -0.449 e. The van der Waals surface area contributed by atoms with Crippen LogP contribution in [0.2, 0.25) is 0 Å². The van der Waals surface area contributed by atoms with Gasteiger partial charge < -0.3 is 29.6 Å². The van der Waals surface area contributed by atoms with Crippen molar-refractivity contribution < 1.29 is 33.5 Å². The molecule has 14 nitrogen and oxygen atoms in total. The van der Waals surface area contributed by atoms with Gasteiger partial charge in [0.1, 0.15) is 11.7 Å². The third-order valence-electron chi connectivity index (χ3n) is 6.81. The van der Waals surface area contributed by atoms with Gasteiger partial charge in [-0.05, 0) is 25.3 Å². The van der Waals surface area contributed by atoms with E-state index in [9.17, 15) is 28.7 Å². The van der Waals surface area contributed by atoms with Gasteiger partial charge in [0.2, 0.25) is 5.91 Å². The standard InChI is InChI=1S/C28H36N7O7P/c1-3-4-15-42-28(38)34-13-11-33(12-14-34)27(37)22(10-16-43(39,40)41)31-26(36)23-17-24(35-19-20(2)18-29-35)32-25(30-23)21-8-6-5-7-9-21/h5-9,17-19,22H,3-4,10-16H2,1-2H3,(H,31,36)(H2,39,40,41). The first-order chi connectivity index (χ1) is 20.5. The van der Waals surface area contributed by atoms with Gasteiger partial charge in [-0.3, -0.25) is 14.2 Å². The van der Waals surface area contributed by atoms with E-state index < -0.39 is 37.7 Å². The summed E-state index contributed by atoms with van der Waals surface area (Å²) in [5.74, 6) is -0.642. The third-order valence-corrected chi connectivity index (χ3v) is 7.65. The van der Waals surface area contributed by atoms with Gasteiger partial charge in [0.05, 0.1) is 19.0 Å². The predicted molar refractivity (Wildman–Crippen MR) is 157 cm³/mol. The molecule has 3 N–H and O–H groups in total. The zero-order valence-electron chi connectivity index (χ0n) is 24.1. The highest BCUT2D eigenvalue weighted by Crippen LogP contribution is 2.35. The molecule has 1 aromatic carbocycles. The molecule has 0 bridgehead atoms. The summed E-state index contributed by atoms with van der Waals surface area (Å²) in [6.07, 6.45) is 3.68. The maximum Gasteiger partial charge on any atom is 0.409 e. The van der Waals surface area contributed by atoms with E-state index in [0.29, 0.717) is 18.0 Å². The van der Waals surface area contributed by atoms with Crippen LogP contribution in [0.5, 0.6) is 0 Å². The van der Waals surface area contributed by atoms with Crippen molar-refractivity contribution in [2.45, 2.75) is 39.2 Å². The molecule has 3 heterocycles. The van der Waals surface area contributed by atoms with Crippen LogP contribution in [0, 0.1) is 6.92 Å². The van der Waals surface area contributed by atoms with Crippen LogP contribution in [0.4, 0.5) is 4.79 Å². The van der Waals surface area contributed by atoms with Crippen LogP contribution < -0.4 is 5.32 Å². The Kier molecular flexibility index (Phi) is 10.6. The Balaban J connectivity index is 1.54. The number of rotatable bonds is 11. The van der Waals surface area contributed by atoms with Crippen molar-refractivity contribution in [2.24, 2.45) is 0 Å². The summed E-state index contributed by atoms with van der Waals surface area (Å²) in [5.41, 5.74) is 1.48. The van der Waals surface area contributed by atoms with Gasteiger partial charge in [-0.15, -0.1) is 0 Å². The van der Waals surface area contributed by atoms with Crippen LogP contribution in [-0.4, -0.2) is 102 Å². The second kappa shape index (κ2) is 14.4. The molecule has 230 valence electrons. The minimum atomic E-state index is -4.47. The van der Waals surface area contributed by atoms with Crippen molar-refractivity contribution in [2.75, 3.05) is 38.9 Å². The fourth-order valence-corrected chi connectivity index (χ4v) is 5.03. The van der Waals surface area contributed by atoms with E-state index in [1.54, 1.807) is 24.5 Å². The van der Waals surface area contributed by atoms with Gasteiger partial charge >= 0.3 is 13.7 Å². The lowest BCUT2D eigenvalue weighted by Gasteiger charge is -2.36. The number of amides is 3. The van der Waals surface area contributed by atoms with E-state index >= 15 is 0 Å². The first kappa shape index (κ1) is 31.8. The van der Waals surface area contributed by atoms with E-state index in [0.717, 1.165) is 18.4 Å². The molecule has 1 fully saturated rings. The number of carbonyl (C=O) groups excluding carboxylic acids is 3. The number of nitrogens with one attached hydrogen (secondary N) is 1. The van der Waals surface area contributed by atoms with Crippen LogP contribution >= 0.6 is 7.60 Å². The Morgan fingerprint density at radius 3 is 2.40 bits per heavy atom. The summed E-state index contributed by atoms with van der Waals surface area (Å²) < 4.78 is 18.4. The van der Waals surface area contributed by atoms with Crippen molar-refractivity contribution in [1.82, 2.24) is 34.9 Å². The molecule has 0 spiro atoms. The van der Waals surface area contributed by atoms with Gasteiger partial charge in [-0.1, -0.05) is 43.7 Å². The summed E-state index contributed by atoms with van der Waals surface area (Å²) in [4.78, 5) is 70.3. The molecule has 1 aliphatic heterocycles. The molecule has 1 atom stereocenters. The number of aryl methyl sites for hydroxylation is 1. The molecule has 15 heteroatoms. The van der Waals surface area contributed by atoms with Gasteiger partial charge in [-0.2, -0.15) is 5.10 Å². The van der Waals surface area contributed by atoms with Gasteiger partial charge in [0.15, 0.2) is 11.6 Å². The summed E-state index contributed by atoms with van der Waals surface area (Å²) in [7, 11) is -4.47. The van der Waals surface area contributed by atoms with Crippen LogP contribution in [0.25, 0.3) is 17.2 Å². The number of unbranched alkanes of at least 4 members (excludes halogenated alkanes) is 1. The van der Waals surface area contributed by atoms with Crippen molar-refractivity contribution in [3.8, 4) is 17.2 Å². The zero-order valence-corrected chi connectivity index (χ0v) is 25.0. The minimum absolute atomic E-state index is 0.0503. The molecule has 3 amide bonds. The quantitative estimate of drug-likeness (QED) is 0.215. The second-order valence-electron chi connectivity index (χ2n) is 10.2. The van der Waals surface area contributed by atoms with Crippen molar-refractivity contribution in [3.05, 3.63) is 60.0 Å². The molecular weight excluding hydrogens is 577 g/mol. The van der Waals surface area contributed by atoms with Crippen LogP contribution in [0.1, 0.15) is 42.2 Å². The molecule has 1 aliphatic rings. The molecule has 2 aromatic heterocycles. The first-order valence-electron chi connectivity index (χ1n) is 14.1. The highest BCUT2D eigenvalue weighted by atomic mass is 31.2. The molecule has 0 saturated carbocycles. The van der Waals surface area contributed by atoms with Crippen LogP contribution in [0.3, 0.4) is 0 Å². The molecule has 43 heavy (non-hydrogen) atoms. The SMILES string of the molecule is CCCCOC(=O)N1CCN(C(=O)C(CCP(=O)(O)O)NC(=O)c2cc(-n3cc(C)cn3)nc(-c3ccccc3)n2)CC1. The molecule has 0 aliphatic carbocycles. The van der Waals surface area contributed by atoms with E-state index in [1.807, 2.05) is 32.0 Å². The fraction of sp³-hybridized carbons (Fsp3) is 0.429. The lowest BCUT2D eigenvalue weighted by molar-refractivity contribution is -0.134. The van der Waals surface area contributed by atoms with E-state index in [4.69, 9.17) is 4.74 Å². The monoisotopic (exact) mass is 613 g/mol. The first-order valence-corrected chi connectivity index (χ1v) is 15.9. The number of aromatic nitrogens is 4. The normalized spacial score (nSPS) is 14.3. The van der Waals surface area contributed by atoms with Crippen molar-refractivity contribution in [3.63, 3.8) is 0 Å². The fourth-order valence-electron chi connectivity index (χ4n) is 4.43. The predicted octanol–water partition coefficient (Wildman–Crippen LogP) is 2.38. The van der Waals surface area contributed by atoms with E-state index in [1.165, 1.54) is 20.5 Å². The number of benzene rings is 1. The zero-order chi connectivity index (χ0) is 31.0. The highest BCUT2D eigenvalue weighted by Gasteiger charge is 2.32. The number of piperazine rings is 1. The second-order valence-corrected chi connectivity index (χ2v) is 12.0. The maximum absolute atomic E-state index is 13.5.